The number of halogens is 1. The molecule has 0 saturated carbocycles. The Kier molecular flexibility index (Phi) is 6.83. The van der Waals surface area contributed by atoms with Crippen LogP contribution in [-0.4, -0.2) is 47.0 Å². The molecule has 0 fully saturated rings. The van der Waals surface area contributed by atoms with E-state index in [0.717, 1.165) is 35.9 Å². The molecule has 2 N–H and O–H groups in total. The fourth-order valence-electron chi connectivity index (χ4n) is 2.08. The zero-order chi connectivity index (χ0) is 16.7. The molecule has 0 amide bonds. The van der Waals surface area contributed by atoms with E-state index in [1.165, 1.54) is 0 Å². The molecule has 2 aromatic rings. The van der Waals surface area contributed by atoms with E-state index in [0.29, 0.717) is 11.7 Å². The SMILES string of the molecule is CN(C)CCCNC(=S)Nc1ccn(Cc2ccccc2Cl)n1. The van der Waals surface area contributed by atoms with Crippen molar-refractivity contribution in [3.8, 4) is 0 Å². The molecule has 7 heteroatoms. The molecule has 1 aromatic heterocycles. The average Bonchev–Trinajstić information content (AvgIpc) is 2.93. The lowest BCUT2D eigenvalue weighted by molar-refractivity contribution is 0.400. The van der Waals surface area contributed by atoms with Crippen LogP contribution in [0.3, 0.4) is 0 Å². The fraction of sp³-hybridized carbons (Fsp3) is 0.375. The molecule has 0 bridgehead atoms. The van der Waals surface area contributed by atoms with Crippen molar-refractivity contribution in [1.82, 2.24) is 20.0 Å². The normalized spacial score (nSPS) is 10.8. The molecular formula is C16H22ClN5S. The zero-order valence-corrected chi connectivity index (χ0v) is 15.0. The summed E-state index contributed by atoms with van der Waals surface area (Å²) >= 11 is 11.4. The zero-order valence-electron chi connectivity index (χ0n) is 13.4. The lowest BCUT2D eigenvalue weighted by Crippen LogP contribution is -2.31. The predicted molar refractivity (Wildman–Crippen MR) is 100 cm³/mol. The minimum absolute atomic E-state index is 0.590. The van der Waals surface area contributed by atoms with Crippen LogP contribution >= 0.6 is 23.8 Å². The Balaban J connectivity index is 1.80. The first kappa shape index (κ1) is 17.7. The van der Waals surface area contributed by atoms with Crippen LogP contribution < -0.4 is 10.6 Å². The first-order chi connectivity index (χ1) is 11.0. The molecule has 2 rings (SSSR count). The molecule has 5 nitrogen and oxygen atoms in total. The Hall–Kier alpha value is -1.63. The Labute approximate surface area is 147 Å². The molecule has 1 heterocycles. The molecule has 124 valence electrons. The van der Waals surface area contributed by atoms with Gasteiger partial charge in [0.25, 0.3) is 0 Å². The van der Waals surface area contributed by atoms with E-state index in [1.54, 1.807) is 0 Å². The van der Waals surface area contributed by atoms with Gasteiger partial charge in [0.15, 0.2) is 10.9 Å². The van der Waals surface area contributed by atoms with E-state index < -0.39 is 0 Å². The maximum atomic E-state index is 6.17. The van der Waals surface area contributed by atoms with Gasteiger partial charge in [-0.05, 0) is 50.9 Å². The monoisotopic (exact) mass is 351 g/mol. The number of thiocarbonyl (C=S) groups is 1. The van der Waals surface area contributed by atoms with Crippen LogP contribution in [0.1, 0.15) is 12.0 Å². The van der Waals surface area contributed by atoms with Gasteiger partial charge in [-0.2, -0.15) is 5.10 Å². The molecule has 23 heavy (non-hydrogen) atoms. The number of nitrogens with one attached hydrogen (secondary N) is 2. The first-order valence-corrected chi connectivity index (χ1v) is 8.29. The van der Waals surface area contributed by atoms with E-state index in [-0.39, 0.29) is 0 Å². The van der Waals surface area contributed by atoms with Crippen LogP contribution in [0.25, 0.3) is 0 Å². The topological polar surface area (TPSA) is 45.1 Å². The Morgan fingerprint density at radius 1 is 1.30 bits per heavy atom. The molecule has 0 saturated heterocycles. The lowest BCUT2D eigenvalue weighted by atomic mass is 10.2. The molecule has 0 aliphatic heterocycles. The van der Waals surface area contributed by atoms with Gasteiger partial charge in [0.2, 0.25) is 0 Å². The Morgan fingerprint density at radius 2 is 2.09 bits per heavy atom. The van der Waals surface area contributed by atoms with Gasteiger partial charge in [0, 0.05) is 23.8 Å². The largest absolute Gasteiger partial charge is 0.362 e. The van der Waals surface area contributed by atoms with E-state index in [1.807, 2.05) is 41.2 Å². The van der Waals surface area contributed by atoms with Gasteiger partial charge in [-0.1, -0.05) is 29.8 Å². The third-order valence-corrected chi connectivity index (χ3v) is 3.86. The van der Waals surface area contributed by atoms with Gasteiger partial charge >= 0.3 is 0 Å². The average molecular weight is 352 g/mol. The van der Waals surface area contributed by atoms with Crippen molar-refractivity contribution < 1.29 is 0 Å². The van der Waals surface area contributed by atoms with Gasteiger partial charge in [-0.25, -0.2) is 0 Å². The fourth-order valence-corrected chi connectivity index (χ4v) is 2.48. The van der Waals surface area contributed by atoms with Crippen molar-refractivity contribution in [1.29, 1.82) is 0 Å². The van der Waals surface area contributed by atoms with Crippen molar-refractivity contribution >= 4 is 34.7 Å². The van der Waals surface area contributed by atoms with Crippen molar-refractivity contribution in [2.24, 2.45) is 0 Å². The molecule has 0 aliphatic rings. The summed E-state index contributed by atoms with van der Waals surface area (Å²) in [5.41, 5.74) is 1.04. The van der Waals surface area contributed by atoms with Crippen LogP contribution in [0.15, 0.2) is 36.5 Å². The highest BCUT2D eigenvalue weighted by molar-refractivity contribution is 7.80. The van der Waals surface area contributed by atoms with Gasteiger partial charge in [-0.15, -0.1) is 0 Å². The molecular weight excluding hydrogens is 330 g/mol. The van der Waals surface area contributed by atoms with Gasteiger partial charge < -0.3 is 15.5 Å². The summed E-state index contributed by atoms with van der Waals surface area (Å²) in [4.78, 5) is 2.15. The highest BCUT2D eigenvalue weighted by Crippen LogP contribution is 2.16. The first-order valence-electron chi connectivity index (χ1n) is 7.51. The number of hydrogen-bond acceptors (Lipinski definition) is 3. The van der Waals surface area contributed by atoms with E-state index in [4.69, 9.17) is 23.8 Å². The van der Waals surface area contributed by atoms with Crippen LogP contribution in [0.5, 0.6) is 0 Å². The molecule has 0 radical (unpaired) electrons. The summed E-state index contributed by atoms with van der Waals surface area (Å²) in [6.45, 7) is 2.50. The van der Waals surface area contributed by atoms with Crippen LogP contribution in [0.2, 0.25) is 5.02 Å². The van der Waals surface area contributed by atoms with Crippen molar-refractivity contribution in [2.75, 3.05) is 32.5 Å². The highest BCUT2D eigenvalue weighted by atomic mass is 35.5. The number of nitrogens with zero attached hydrogens (tertiary/aromatic N) is 3. The summed E-state index contributed by atoms with van der Waals surface area (Å²) in [6, 6.07) is 9.66. The molecule has 1 aromatic carbocycles. The molecule has 0 aliphatic carbocycles. The Bertz CT molecular complexity index is 641. The second-order valence-electron chi connectivity index (χ2n) is 5.53. The number of aromatic nitrogens is 2. The van der Waals surface area contributed by atoms with E-state index >= 15 is 0 Å². The van der Waals surface area contributed by atoms with Gasteiger partial charge in [0.1, 0.15) is 0 Å². The predicted octanol–water partition coefficient (Wildman–Crippen LogP) is 2.82. The summed E-state index contributed by atoms with van der Waals surface area (Å²) in [7, 11) is 4.12. The molecule has 0 unspecified atom stereocenters. The van der Waals surface area contributed by atoms with E-state index in [2.05, 4.69) is 34.7 Å². The van der Waals surface area contributed by atoms with Crippen LogP contribution in [0, 0.1) is 0 Å². The van der Waals surface area contributed by atoms with Crippen molar-refractivity contribution in [2.45, 2.75) is 13.0 Å². The second kappa shape index (κ2) is 8.86. The number of anilines is 1. The quantitative estimate of drug-likeness (QED) is 0.593. The molecule has 0 spiro atoms. The van der Waals surface area contributed by atoms with Crippen molar-refractivity contribution in [3.63, 3.8) is 0 Å². The summed E-state index contributed by atoms with van der Waals surface area (Å²) in [5, 5.41) is 12.1. The van der Waals surface area contributed by atoms with Crippen LogP contribution in [0.4, 0.5) is 5.82 Å². The summed E-state index contributed by atoms with van der Waals surface area (Å²) in [5.74, 6) is 0.724. The number of benzene rings is 1. The third-order valence-electron chi connectivity index (χ3n) is 3.24. The summed E-state index contributed by atoms with van der Waals surface area (Å²) < 4.78 is 1.83. The highest BCUT2D eigenvalue weighted by Gasteiger charge is 2.04. The maximum Gasteiger partial charge on any atom is 0.171 e. The number of hydrogen-bond donors (Lipinski definition) is 2. The van der Waals surface area contributed by atoms with Gasteiger partial charge in [0.05, 0.1) is 6.54 Å². The van der Waals surface area contributed by atoms with E-state index in [9.17, 15) is 0 Å². The van der Waals surface area contributed by atoms with Crippen LogP contribution in [-0.2, 0) is 6.54 Å². The van der Waals surface area contributed by atoms with Gasteiger partial charge in [-0.3, -0.25) is 4.68 Å². The molecule has 0 atom stereocenters. The standard InChI is InChI=1S/C16H22ClN5S/c1-21(2)10-5-9-18-16(23)19-15-8-11-22(20-15)12-13-6-3-4-7-14(13)17/h3-4,6-8,11H,5,9-10,12H2,1-2H3,(H2,18,19,20,23). The minimum Gasteiger partial charge on any atom is -0.362 e. The number of rotatable bonds is 7. The lowest BCUT2D eigenvalue weighted by Gasteiger charge is -2.11. The second-order valence-corrected chi connectivity index (χ2v) is 6.34. The van der Waals surface area contributed by atoms with Crippen molar-refractivity contribution in [3.05, 3.63) is 47.1 Å². The summed E-state index contributed by atoms with van der Waals surface area (Å²) in [6.07, 6.45) is 2.94. The maximum absolute atomic E-state index is 6.17. The Morgan fingerprint density at radius 3 is 2.83 bits per heavy atom. The smallest absolute Gasteiger partial charge is 0.171 e. The minimum atomic E-state index is 0.590. The third kappa shape index (κ3) is 6.17.